The lowest BCUT2D eigenvalue weighted by Crippen LogP contribution is -2.02. The largest absolute Gasteiger partial charge is 0.322 e. The molecular weight excluding hydrogens is 302 g/mol. The molecule has 0 atom stereocenters. The van der Waals surface area contributed by atoms with Crippen LogP contribution in [0.1, 0.15) is 26.7 Å². The van der Waals surface area contributed by atoms with Gasteiger partial charge in [0.25, 0.3) is 0 Å². The average molecular weight is 316 g/mol. The lowest BCUT2D eigenvalue weighted by molar-refractivity contribution is 0.789. The average Bonchev–Trinajstić information content (AvgIpc) is 2.99. The van der Waals surface area contributed by atoms with Gasteiger partial charge in [0.15, 0.2) is 0 Å². The van der Waals surface area contributed by atoms with E-state index >= 15 is 0 Å². The van der Waals surface area contributed by atoms with E-state index in [2.05, 4.69) is 35.5 Å². The van der Waals surface area contributed by atoms with E-state index in [4.69, 9.17) is 16.9 Å². The molecule has 0 N–H and O–H groups in total. The highest BCUT2D eigenvalue weighted by molar-refractivity contribution is 7.12. The zero-order chi connectivity index (χ0) is 15.0. The molecule has 3 aromatic rings. The van der Waals surface area contributed by atoms with E-state index in [0.717, 1.165) is 23.4 Å². The van der Waals surface area contributed by atoms with Crippen molar-refractivity contribution in [2.75, 3.05) is 0 Å². The van der Waals surface area contributed by atoms with Gasteiger partial charge in [-0.15, -0.1) is 22.9 Å². The van der Waals surface area contributed by atoms with E-state index in [-0.39, 0.29) is 0 Å². The Morgan fingerprint density at radius 1 is 1.33 bits per heavy atom. The van der Waals surface area contributed by atoms with Gasteiger partial charge >= 0.3 is 0 Å². The Bertz CT molecular complexity index is 835. The molecule has 0 spiro atoms. The van der Waals surface area contributed by atoms with Crippen LogP contribution in [0.15, 0.2) is 24.3 Å². The van der Waals surface area contributed by atoms with Crippen molar-refractivity contribution in [3.8, 4) is 6.07 Å². The zero-order valence-corrected chi connectivity index (χ0v) is 13.4. The molecule has 0 unspecified atom stereocenters. The first-order chi connectivity index (χ1) is 10.1. The number of halogens is 1. The topological polar surface area (TPSA) is 41.6 Å². The molecule has 0 aliphatic carbocycles. The van der Waals surface area contributed by atoms with E-state index in [9.17, 15) is 0 Å². The molecule has 0 fully saturated rings. The zero-order valence-electron chi connectivity index (χ0n) is 11.9. The first kappa shape index (κ1) is 14.1. The fourth-order valence-corrected chi connectivity index (χ4v) is 3.65. The fraction of sp³-hybridized carbons (Fsp3) is 0.250. The highest BCUT2D eigenvalue weighted by Gasteiger charge is 2.12. The Balaban J connectivity index is 2.12. The van der Waals surface area contributed by atoms with Crippen LogP contribution in [0.4, 0.5) is 0 Å². The van der Waals surface area contributed by atoms with Gasteiger partial charge in [-0.3, -0.25) is 0 Å². The molecule has 2 aromatic heterocycles. The summed E-state index contributed by atoms with van der Waals surface area (Å²) < 4.78 is 2.11. The lowest BCUT2D eigenvalue weighted by atomic mass is 10.2. The molecule has 3 nitrogen and oxygen atoms in total. The summed E-state index contributed by atoms with van der Waals surface area (Å²) in [4.78, 5) is 7.17. The van der Waals surface area contributed by atoms with Gasteiger partial charge in [-0.2, -0.15) is 5.26 Å². The Kier molecular flexibility index (Phi) is 3.71. The highest BCUT2D eigenvalue weighted by Crippen LogP contribution is 2.25. The van der Waals surface area contributed by atoms with Crippen molar-refractivity contribution >= 4 is 34.0 Å². The number of hydrogen-bond acceptors (Lipinski definition) is 3. The number of fused-ring (bicyclic) bond motifs is 1. The Morgan fingerprint density at radius 2 is 2.14 bits per heavy atom. The summed E-state index contributed by atoms with van der Waals surface area (Å²) in [5, 5.41) is 9.08. The normalized spacial score (nSPS) is 11.0. The SMILES string of the molecule is Cc1cc(Cn2c(CCl)nc3ccc(C#N)cc32)sc1C. The molecule has 5 heteroatoms. The molecule has 0 amide bonds. The maximum absolute atomic E-state index is 9.08. The van der Waals surface area contributed by atoms with Crippen LogP contribution in [-0.2, 0) is 12.4 Å². The second-order valence-electron chi connectivity index (χ2n) is 5.02. The van der Waals surface area contributed by atoms with Gasteiger partial charge < -0.3 is 4.57 Å². The number of hydrogen-bond donors (Lipinski definition) is 0. The molecule has 0 saturated heterocycles. The molecule has 0 radical (unpaired) electrons. The van der Waals surface area contributed by atoms with Crippen LogP contribution < -0.4 is 0 Å². The summed E-state index contributed by atoms with van der Waals surface area (Å²) >= 11 is 7.83. The highest BCUT2D eigenvalue weighted by atomic mass is 35.5. The van der Waals surface area contributed by atoms with Gasteiger partial charge in [-0.05, 0) is 43.7 Å². The Hall–Kier alpha value is -1.83. The van der Waals surface area contributed by atoms with E-state index < -0.39 is 0 Å². The lowest BCUT2D eigenvalue weighted by Gasteiger charge is -2.06. The summed E-state index contributed by atoms with van der Waals surface area (Å²) in [7, 11) is 0. The van der Waals surface area contributed by atoms with Crippen LogP contribution in [0.5, 0.6) is 0 Å². The van der Waals surface area contributed by atoms with Crippen molar-refractivity contribution in [2.24, 2.45) is 0 Å². The standard InChI is InChI=1S/C16H14ClN3S/c1-10-5-13(21-11(10)2)9-20-15-6-12(8-18)3-4-14(15)19-16(20)7-17/h3-6H,7,9H2,1-2H3. The van der Waals surface area contributed by atoms with Crippen LogP contribution in [0.3, 0.4) is 0 Å². The number of aryl methyl sites for hydroxylation is 2. The maximum atomic E-state index is 9.08. The summed E-state index contributed by atoms with van der Waals surface area (Å²) in [6.07, 6.45) is 0. The first-order valence-corrected chi connectivity index (χ1v) is 7.98. The van der Waals surface area contributed by atoms with Gasteiger partial charge in [0.2, 0.25) is 0 Å². The van der Waals surface area contributed by atoms with Crippen LogP contribution in [0, 0.1) is 25.2 Å². The van der Waals surface area contributed by atoms with Gasteiger partial charge in [0, 0.05) is 9.75 Å². The van der Waals surface area contributed by atoms with Crippen LogP contribution in [0.2, 0.25) is 0 Å². The van der Waals surface area contributed by atoms with Gasteiger partial charge in [-0.25, -0.2) is 4.98 Å². The number of nitrogens with zero attached hydrogens (tertiary/aromatic N) is 3. The first-order valence-electron chi connectivity index (χ1n) is 6.63. The van der Waals surface area contributed by atoms with Crippen molar-refractivity contribution in [2.45, 2.75) is 26.3 Å². The fourth-order valence-electron chi connectivity index (χ4n) is 2.40. The van der Waals surface area contributed by atoms with E-state index in [1.54, 1.807) is 17.4 Å². The summed E-state index contributed by atoms with van der Waals surface area (Å²) in [6, 6.07) is 9.94. The van der Waals surface area contributed by atoms with Crippen molar-refractivity contribution in [1.82, 2.24) is 9.55 Å². The van der Waals surface area contributed by atoms with Crippen LogP contribution >= 0.6 is 22.9 Å². The van der Waals surface area contributed by atoms with Crippen LogP contribution in [0.25, 0.3) is 11.0 Å². The minimum absolute atomic E-state index is 0.361. The molecule has 0 aliphatic heterocycles. The molecule has 3 rings (SSSR count). The Morgan fingerprint density at radius 3 is 2.76 bits per heavy atom. The third kappa shape index (κ3) is 2.55. The summed E-state index contributed by atoms with van der Waals surface area (Å²) in [6.45, 7) is 5.00. The number of aromatic nitrogens is 2. The smallest absolute Gasteiger partial charge is 0.125 e. The number of benzene rings is 1. The molecule has 21 heavy (non-hydrogen) atoms. The molecule has 0 saturated carbocycles. The number of rotatable bonds is 3. The predicted octanol–water partition coefficient (Wildman–Crippen LogP) is 4.37. The number of nitriles is 1. The van der Waals surface area contributed by atoms with Gasteiger partial charge in [0.1, 0.15) is 5.82 Å². The summed E-state index contributed by atoms with van der Waals surface area (Å²) in [5.41, 5.74) is 3.80. The number of alkyl halides is 1. The molecule has 1 aromatic carbocycles. The molecule has 0 aliphatic rings. The third-order valence-electron chi connectivity index (χ3n) is 3.61. The predicted molar refractivity (Wildman–Crippen MR) is 86.9 cm³/mol. The van der Waals surface area contributed by atoms with Crippen LogP contribution in [-0.4, -0.2) is 9.55 Å². The second-order valence-corrected chi connectivity index (χ2v) is 6.62. The maximum Gasteiger partial charge on any atom is 0.125 e. The number of thiophene rings is 1. The van der Waals surface area contributed by atoms with Gasteiger partial charge in [0.05, 0.1) is 35.1 Å². The minimum atomic E-state index is 0.361. The van der Waals surface area contributed by atoms with Crippen molar-refractivity contribution in [3.05, 3.63) is 51.0 Å². The molecule has 106 valence electrons. The van der Waals surface area contributed by atoms with Crippen molar-refractivity contribution in [3.63, 3.8) is 0 Å². The Labute approximate surface area is 132 Å². The molecule has 2 heterocycles. The molecule has 0 bridgehead atoms. The quantitative estimate of drug-likeness (QED) is 0.673. The van der Waals surface area contributed by atoms with Crippen molar-refractivity contribution < 1.29 is 0 Å². The second kappa shape index (κ2) is 5.51. The number of imidazole rings is 1. The third-order valence-corrected chi connectivity index (χ3v) is 4.98. The minimum Gasteiger partial charge on any atom is -0.322 e. The summed E-state index contributed by atoms with van der Waals surface area (Å²) in [5.74, 6) is 1.20. The van der Waals surface area contributed by atoms with E-state index in [1.807, 2.05) is 12.1 Å². The van der Waals surface area contributed by atoms with E-state index in [0.29, 0.717) is 11.4 Å². The van der Waals surface area contributed by atoms with E-state index in [1.165, 1.54) is 15.3 Å². The monoisotopic (exact) mass is 315 g/mol. The van der Waals surface area contributed by atoms with Gasteiger partial charge in [-0.1, -0.05) is 0 Å². The van der Waals surface area contributed by atoms with Crippen molar-refractivity contribution in [1.29, 1.82) is 5.26 Å². The molecular formula is C16H14ClN3S.